The van der Waals surface area contributed by atoms with Gasteiger partial charge in [0.15, 0.2) is 17.5 Å². The predicted molar refractivity (Wildman–Crippen MR) is 135 cm³/mol. The minimum Gasteiger partial charge on any atom is -0.209 e. The number of hydrogen-bond donors (Lipinski definition) is 0. The first-order valence-electron chi connectivity index (χ1n) is 9.08. The highest BCUT2D eigenvalue weighted by Crippen LogP contribution is 2.42. The molecule has 0 radical (unpaired) electrons. The van der Waals surface area contributed by atoms with Crippen LogP contribution in [0, 0.1) is 12.3 Å². The zero-order valence-corrected chi connectivity index (χ0v) is 20.5. The van der Waals surface area contributed by atoms with E-state index in [1.165, 1.54) is 0 Å². The minimum absolute atomic E-state index is 0.123. The molecule has 0 saturated carbocycles. The molecule has 0 spiro atoms. The van der Waals surface area contributed by atoms with Crippen LogP contribution in [0.4, 0.5) is 0 Å². The van der Waals surface area contributed by atoms with E-state index in [0.29, 0.717) is 11.1 Å². The highest BCUT2D eigenvalue weighted by atomic mass is 35.6. The van der Waals surface area contributed by atoms with Gasteiger partial charge >= 0.3 is 0 Å². The molecule has 0 aliphatic rings. The summed E-state index contributed by atoms with van der Waals surface area (Å²) < 4.78 is -3.93. The van der Waals surface area contributed by atoms with Gasteiger partial charge in [0, 0.05) is 11.1 Å². The zero-order valence-electron chi connectivity index (χ0n) is 16.0. The molecule has 3 nitrogen and oxygen atoms in total. The molecular formula is C23H11Cl6N3. The fourth-order valence-electron chi connectivity index (χ4n) is 3.33. The van der Waals surface area contributed by atoms with E-state index in [1.54, 1.807) is 6.07 Å². The van der Waals surface area contributed by atoms with Crippen LogP contribution in [-0.4, -0.2) is 15.0 Å². The number of halogens is 6. The molecule has 160 valence electrons. The van der Waals surface area contributed by atoms with Gasteiger partial charge in [-0.25, -0.2) is 15.0 Å². The van der Waals surface area contributed by atoms with E-state index in [0.717, 1.165) is 21.9 Å². The van der Waals surface area contributed by atoms with E-state index in [4.69, 9.17) is 76.0 Å². The van der Waals surface area contributed by atoms with Crippen molar-refractivity contribution in [1.82, 2.24) is 15.0 Å². The summed E-state index contributed by atoms with van der Waals surface area (Å²) in [5.41, 5.74) is 2.81. The Morgan fingerprint density at radius 2 is 1.16 bits per heavy atom. The molecule has 0 aliphatic heterocycles. The van der Waals surface area contributed by atoms with Gasteiger partial charge in [-0.1, -0.05) is 130 Å². The van der Waals surface area contributed by atoms with Gasteiger partial charge in [-0.05, 0) is 28.0 Å². The molecule has 0 unspecified atom stereocenters. The maximum Gasteiger partial charge on any atom is 0.250 e. The predicted octanol–water partition coefficient (Wildman–Crippen LogP) is 7.99. The summed E-state index contributed by atoms with van der Waals surface area (Å²) >= 11 is 36.1. The molecule has 0 aliphatic carbocycles. The van der Waals surface area contributed by atoms with E-state index in [1.807, 2.05) is 54.6 Å². The smallest absolute Gasteiger partial charge is 0.209 e. The van der Waals surface area contributed by atoms with Crippen molar-refractivity contribution in [2.24, 2.45) is 0 Å². The fourth-order valence-corrected chi connectivity index (χ4v) is 3.84. The topological polar surface area (TPSA) is 38.7 Å². The third-order valence-corrected chi connectivity index (χ3v) is 5.69. The van der Waals surface area contributed by atoms with Crippen LogP contribution in [0.2, 0.25) is 0 Å². The van der Waals surface area contributed by atoms with Crippen molar-refractivity contribution in [3.05, 3.63) is 77.9 Å². The fraction of sp³-hybridized carbons (Fsp3) is 0.0870. The molecule has 0 saturated heterocycles. The third-order valence-electron chi connectivity index (χ3n) is 4.67. The van der Waals surface area contributed by atoms with E-state index in [-0.39, 0.29) is 17.5 Å². The van der Waals surface area contributed by atoms with Gasteiger partial charge in [-0.3, -0.25) is 0 Å². The number of nitrogens with zero attached hydrogens (tertiary/aromatic N) is 3. The normalized spacial score (nSPS) is 12.0. The van der Waals surface area contributed by atoms with Crippen LogP contribution in [0.3, 0.4) is 0 Å². The van der Waals surface area contributed by atoms with Crippen LogP contribution in [0.15, 0.2) is 60.7 Å². The van der Waals surface area contributed by atoms with Crippen LogP contribution in [0.1, 0.15) is 17.2 Å². The molecule has 1 aromatic heterocycles. The van der Waals surface area contributed by atoms with Crippen LogP contribution < -0.4 is 0 Å². The van der Waals surface area contributed by atoms with Crippen molar-refractivity contribution in [3.63, 3.8) is 0 Å². The number of hydrogen-bond acceptors (Lipinski definition) is 3. The first-order valence-corrected chi connectivity index (χ1v) is 11.3. The van der Waals surface area contributed by atoms with Gasteiger partial charge in [0.05, 0.1) is 0 Å². The van der Waals surface area contributed by atoms with Crippen molar-refractivity contribution < 1.29 is 0 Å². The Balaban J connectivity index is 2.00. The van der Waals surface area contributed by atoms with Crippen molar-refractivity contribution in [2.45, 2.75) is 7.59 Å². The van der Waals surface area contributed by atoms with Gasteiger partial charge in [0.2, 0.25) is 7.59 Å². The summed E-state index contributed by atoms with van der Waals surface area (Å²) in [6, 6.07) is 19.5. The Morgan fingerprint density at radius 1 is 0.625 bits per heavy atom. The molecule has 4 rings (SSSR count). The SMILES string of the molecule is C#Cc1c(-c2nc(C(Cl)(Cl)Cl)nc(C(Cl)(Cl)Cl)n2)cccc1-c1cccc2ccccc12. The van der Waals surface area contributed by atoms with Gasteiger partial charge in [-0.15, -0.1) is 6.42 Å². The highest BCUT2D eigenvalue weighted by Gasteiger charge is 2.34. The van der Waals surface area contributed by atoms with Crippen LogP contribution >= 0.6 is 69.6 Å². The molecule has 1 heterocycles. The van der Waals surface area contributed by atoms with Crippen molar-refractivity contribution in [2.75, 3.05) is 0 Å². The number of aromatic nitrogens is 3. The Hall–Kier alpha value is -1.77. The summed E-state index contributed by atoms with van der Waals surface area (Å²) in [4.78, 5) is 12.6. The van der Waals surface area contributed by atoms with Gasteiger partial charge in [0.25, 0.3) is 0 Å². The lowest BCUT2D eigenvalue weighted by Gasteiger charge is -2.17. The largest absolute Gasteiger partial charge is 0.250 e. The number of benzene rings is 3. The minimum atomic E-state index is -1.97. The molecular weight excluding hydrogens is 531 g/mol. The maximum atomic E-state index is 6.01. The molecule has 9 heteroatoms. The first-order chi connectivity index (χ1) is 15.1. The molecule has 4 aromatic rings. The number of terminal acetylenes is 1. The van der Waals surface area contributed by atoms with Gasteiger partial charge in [0.1, 0.15) is 0 Å². The quantitative estimate of drug-likeness (QED) is 0.191. The number of rotatable bonds is 2. The summed E-state index contributed by atoms with van der Waals surface area (Å²) in [7, 11) is 0. The van der Waals surface area contributed by atoms with Crippen LogP contribution in [0.25, 0.3) is 33.3 Å². The average molecular weight is 542 g/mol. The lowest BCUT2D eigenvalue weighted by Crippen LogP contribution is -2.17. The monoisotopic (exact) mass is 539 g/mol. The Kier molecular flexibility index (Phi) is 6.49. The zero-order chi connectivity index (χ0) is 23.1. The number of alkyl halides is 6. The third kappa shape index (κ3) is 4.63. The molecule has 3 aromatic carbocycles. The maximum absolute atomic E-state index is 6.01. The standard InChI is InChI=1S/C23H11Cl6N3/c1-2-14-16(17-10-5-8-13-7-3-4-9-15(13)17)11-6-12-18(14)19-30-20(22(24,25)26)32-21(31-19)23(27,28)29/h1,3-12H. The van der Waals surface area contributed by atoms with Crippen molar-refractivity contribution in [1.29, 1.82) is 0 Å². The molecule has 0 fully saturated rings. The number of fused-ring (bicyclic) bond motifs is 1. The lowest BCUT2D eigenvalue weighted by atomic mass is 9.92. The second kappa shape index (κ2) is 8.88. The molecule has 0 atom stereocenters. The van der Waals surface area contributed by atoms with Crippen molar-refractivity contribution >= 4 is 80.4 Å². The average Bonchev–Trinajstić information content (AvgIpc) is 2.76. The van der Waals surface area contributed by atoms with Gasteiger partial charge < -0.3 is 0 Å². The van der Waals surface area contributed by atoms with Crippen LogP contribution in [-0.2, 0) is 7.59 Å². The molecule has 0 bridgehead atoms. The Bertz CT molecular complexity index is 1330. The summed E-state index contributed by atoms with van der Waals surface area (Å²) in [5, 5.41) is 2.12. The second-order valence-corrected chi connectivity index (χ2v) is 11.3. The highest BCUT2D eigenvalue weighted by molar-refractivity contribution is 6.67. The summed E-state index contributed by atoms with van der Waals surface area (Å²) in [6.45, 7) is 0. The van der Waals surface area contributed by atoms with E-state index in [9.17, 15) is 0 Å². The molecule has 32 heavy (non-hydrogen) atoms. The van der Waals surface area contributed by atoms with Crippen molar-refractivity contribution in [3.8, 4) is 34.9 Å². The Labute approximate surface area is 214 Å². The van der Waals surface area contributed by atoms with E-state index >= 15 is 0 Å². The Morgan fingerprint density at radius 3 is 1.78 bits per heavy atom. The lowest BCUT2D eigenvalue weighted by molar-refractivity contribution is 0.851. The molecule has 0 amide bonds. The summed E-state index contributed by atoms with van der Waals surface area (Å²) in [6.07, 6.45) is 5.94. The van der Waals surface area contributed by atoms with E-state index < -0.39 is 7.59 Å². The summed E-state index contributed by atoms with van der Waals surface area (Å²) in [5.74, 6) is 2.49. The van der Waals surface area contributed by atoms with Crippen LogP contribution in [0.5, 0.6) is 0 Å². The first kappa shape index (κ1) is 23.4. The van der Waals surface area contributed by atoms with Gasteiger partial charge in [-0.2, -0.15) is 0 Å². The second-order valence-electron chi connectivity index (χ2n) is 6.70. The van der Waals surface area contributed by atoms with E-state index in [2.05, 4.69) is 20.9 Å². The molecule has 0 N–H and O–H groups in total.